The van der Waals surface area contributed by atoms with E-state index in [1.54, 1.807) is 18.2 Å². The van der Waals surface area contributed by atoms with Crippen molar-refractivity contribution in [2.75, 3.05) is 18.4 Å². The molecule has 1 aliphatic heterocycles. The molecular weight excluding hydrogens is 259 g/mol. The lowest BCUT2D eigenvalue weighted by Gasteiger charge is -2.12. The Bertz CT molecular complexity index is 540. The van der Waals surface area contributed by atoms with Gasteiger partial charge in [-0.3, -0.25) is 0 Å². The predicted molar refractivity (Wildman–Crippen MR) is 74.2 cm³/mol. The third-order valence-corrected chi connectivity index (χ3v) is 3.29. The van der Waals surface area contributed by atoms with Crippen LogP contribution < -0.4 is 16.0 Å². The number of carbonyl (C=O) groups is 1. The minimum atomic E-state index is -0.833. The zero-order valence-corrected chi connectivity index (χ0v) is 11.2. The lowest BCUT2D eigenvalue weighted by atomic mass is 10.1. The summed E-state index contributed by atoms with van der Waals surface area (Å²) in [5.74, 6) is 0. The fourth-order valence-corrected chi connectivity index (χ4v) is 2.14. The van der Waals surface area contributed by atoms with Crippen LogP contribution >= 0.6 is 0 Å². The predicted octanol–water partition coefficient (Wildman–Crippen LogP) is 1.69. The minimum Gasteiger partial charge on any atom is -0.336 e. The van der Waals surface area contributed by atoms with E-state index < -0.39 is 6.17 Å². The number of nitrogens with zero attached hydrogens (tertiary/aromatic N) is 1. The second-order valence-corrected chi connectivity index (χ2v) is 4.91. The molecule has 106 valence electrons. The standard InChI is InChI=1S/C14H17FN4O/c1-9-2-3-12(4-10(9)6-16)19-14(20)18-8-13-5-11(15)7-17-13/h2-4,11,13,17H,5,7-8H2,1H3,(H2,18,19,20)/t11-,13-/m0/s1. The molecule has 0 spiro atoms. The van der Waals surface area contributed by atoms with Crippen molar-refractivity contribution < 1.29 is 9.18 Å². The van der Waals surface area contributed by atoms with Gasteiger partial charge in [0.2, 0.25) is 0 Å². The summed E-state index contributed by atoms with van der Waals surface area (Å²) < 4.78 is 12.9. The monoisotopic (exact) mass is 276 g/mol. The van der Waals surface area contributed by atoms with Gasteiger partial charge >= 0.3 is 6.03 Å². The molecule has 1 aliphatic rings. The van der Waals surface area contributed by atoms with Gasteiger partial charge in [0, 0.05) is 24.8 Å². The van der Waals surface area contributed by atoms with Gasteiger partial charge in [-0.15, -0.1) is 0 Å². The van der Waals surface area contributed by atoms with E-state index in [9.17, 15) is 9.18 Å². The molecule has 1 fully saturated rings. The van der Waals surface area contributed by atoms with Crippen molar-refractivity contribution in [1.29, 1.82) is 5.26 Å². The first-order valence-corrected chi connectivity index (χ1v) is 6.51. The molecule has 0 aliphatic carbocycles. The maximum Gasteiger partial charge on any atom is 0.319 e. The molecule has 1 saturated heterocycles. The number of hydrogen-bond donors (Lipinski definition) is 3. The number of anilines is 1. The van der Waals surface area contributed by atoms with E-state index >= 15 is 0 Å². The van der Waals surface area contributed by atoms with Crippen LogP contribution in [0.2, 0.25) is 0 Å². The highest BCUT2D eigenvalue weighted by Gasteiger charge is 2.23. The molecule has 6 heteroatoms. The summed E-state index contributed by atoms with van der Waals surface area (Å²) in [6, 6.07) is 6.82. The smallest absolute Gasteiger partial charge is 0.319 e. The van der Waals surface area contributed by atoms with Crippen LogP contribution in [0.3, 0.4) is 0 Å². The van der Waals surface area contributed by atoms with Crippen LogP contribution in [0.4, 0.5) is 14.9 Å². The number of nitriles is 1. The Labute approximate surface area is 117 Å². The first-order valence-electron chi connectivity index (χ1n) is 6.51. The molecular formula is C14H17FN4O. The second kappa shape index (κ2) is 6.35. The van der Waals surface area contributed by atoms with Crippen molar-refractivity contribution in [3.8, 4) is 6.07 Å². The Morgan fingerprint density at radius 1 is 1.60 bits per heavy atom. The van der Waals surface area contributed by atoms with Gasteiger partial charge in [0.25, 0.3) is 0 Å². The average Bonchev–Trinajstić information content (AvgIpc) is 2.84. The van der Waals surface area contributed by atoms with E-state index in [1.807, 2.05) is 6.92 Å². The summed E-state index contributed by atoms with van der Waals surface area (Å²) in [5, 5.41) is 17.3. The normalized spacial score (nSPS) is 21.2. The van der Waals surface area contributed by atoms with E-state index in [4.69, 9.17) is 5.26 Å². The first kappa shape index (κ1) is 14.3. The topological polar surface area (TPSA) is 77.0 Å². The molecule has 20 heavy (non-hydrogen) atoms. The number of aryl methyl sites for hydroxylation is 1. The fraction of sp³-hybridized carbons (Fsp3) is 0.429. The number of alkyl halides is 1. The number of nitrogens with one attached hydrogen (secondary N) is 3. The van der Waals surface area contributed by atoms with Crippen LogP contribution in [0.1, 0.15) is 17.5 Å². The van der Waals surface area contributed by atoms with E-state index in [-0.39, 0.29) is 12.1 Å². The molecule has 5 nitrogen and oxygen atoms in total. The summed E-state index contributed by atoms with van der Waals surface area (Å²) >= 11 is 0. The Hall–Kier alpha value is -2.13. The van der Waals surface area contributed by atoms with Gasteiger partial charge in [0.1, 0.15) is 6.17 Å². The van der Waals surface area contributed by atoms with E-state index in [2.05, 4.69) is 22.0 Å². The molecule has 1 heterocycles. The van der Waals surface area contributed by atoms with Crippen LogP contribution in [-0.4, -0.2) is 31.3 Å². The van der Waals surface area contributed by atoms with Crippen molar-refractivity contribution in [3.63, 3.8) is 0 Å². The summed E-state index contributed by atoms with van der Waals surface area (Å²) in [4.78, 5) is 11.7. The van der Waals surface area contributed by atoms with Crippen molar-refractivity contribution in [2.45, 2.75) is 25.6 Å². The molecule has 0 aromatic heterocycles. The molecule has 2 atom stereocenters. The summed E-state index contributed by atoms with van der Waals surface area (Å²) in [6.07, 6.45) is -0.413. The fourth-order valence-electron chi connectivity index (χ4n) is 2.14. The van der Waals surface area contributed by atoms with Crippen LogP contribution in [0.15, 0.2) is 18.2 Å². The number of rotatable bonds is 3. The highest BCUT2D eigenvalue weighted by atomic mass is 19.1. The molecule has 2 rings (SSSR count). The van der Waals surface area contributed by atoms with Crippen LogP contribution in [0.25, 0.3) is 0 Å². The Morgan fingerprint density at radius 2 is 2.40 bits per heavy atom. The van der Waals surface area contributed by atoms with E-state index in [0.717, 1.165) is 5.56 Å². The van der Waals surface area contributed by atoms with Gasteiger partial charge in [-0.05, 0) is 31.0 Å². The maximum absolute atomic E-state index is 12.9. The highest BCUT2D eigenvalue weighted by molar-refractivity contribution is 5.89. The third-order valence-electron chi connectivity index (χ3n) is 3.29. The summed E-state index contributed by atoms with van der Waals surface area (Å²) in [7, 11) is 0. The Balaban J connectivity index is 1.84. The lowest BCUT2D eigenvalue weighted by molar-refractivity contribution is 0.251. The number of hydrogen-bond acceptors (Lipinski definition) is 3. The molecule has 0 saturated carbocycles. The molecule has 3 N–H and O–H groups in total. The molecule has 0 bridgehead atoms. The largest absolute Gasteiger partial charge is 0.336 e. The zero-order chi connectivity index (χ0) is 14.5. The molecule has 1 aromatic carbocycles. The van der Waals surface area contributed by atoms with Crippen LogP contribution in [-0.2, 0) is 0 Å². The van der Waals surface area contributed by atoms with Gasteiger partial charge in [-0.2, -0.15) is 5.26 Å². The molecule has 1 aromatic rings. The Morgan fingerprint density at radius 3 is 3.05 bits per heavy atom. The van der Waals surface area contributed by atoms with Crippen molar-refractivity contribution in [1.82, 2.24) is 10.6 Å². The van der Waals surface area contributed by atoms with Gasteiger partial charge < -0.3 is 16.0 Å². The SMILES string of the molecule is Cc1ccc(NC(=O)NC[C@@H]2C[C@H](F)CN2)cc1C#N. The number of amides is 2. The van der Waals surface area contributed by atoms with Gasteiger partial charge in [0.15, 0.2) is 0 Å². The van der Waals surface area contributed by atoms with Crippen molar-refractivity contribution >= 4 is 11.7 Å². The second-order valence-electron chi connectivity index (χ2n) is 4.91. The number of urea groups is 1. The van der Waals surface area contributed by atoms with Gasteiger partial charge in [-0.1, -0.05) is 6.07 Å². The molecule has 2 amide bonds. The average molecular weight is 276 g/mol. The molecule has 0 radical (unpaired) electrons. The Kier molecular flexibility index (Phi) is 4.53. The first-order chi connectivity index (χ1) is 9.58. The van der Waals surface area contributed by atoms with Crippen LogP contribution in [0, 0.1) is 18.3 Å². The van der Waals surface area contributed by atoms with Crippen molar-refractivity contribution in [2.24, 2.45) is 0 Å². The third kappa shape index (κ3) is 3.68. The summed E-state index contributed by atoms with van der Waals surface area (Å²) in [5.41, 5.74) is 1.95. The van der Waals surface area contributed by atoms with Crippen molar-refractivity contribution in [3.05, 3.63) is 29.3 Å². The minimum absolute atomic E-state index is 0.0246. The maximum atomic E-state index is 12.9. The number of benzene rings is 1. The number of halogens is 1. The van der Waals surface area contributed by atoms with E-state index in [1.165, 1.54) is 0 Å². The quantitative estimate of drug-likeness (QED) is 0.786. The number of carbonyl (C=O) groups excluding carboxylic acids is 1. The zero-order valence-electron chi connectivity index (χ0n) is 11.2. The molecule has 0 unspecified atom stereocenters. The van der Waals surface area contributed by atoms with Gasteiger partial charge in [-0.25, -0.2) is 9.18 Å². The van der Waals surface area contributed by atoms with E-state index in [0.29, 0.717) is 30.8 Å². The van der Waals surface area contributed by atoms with Gasteiger partial charge in [0.05, 0.1) is 11.6 Å². The lowest BCUT2D eigenvalue weighted by Crippen LogP contribution is -2.39. The highest BCUT2D eigenvalue weighted by Crippen LogP contribution is 2.14. The van der Waals surface area contributed by atoms with Crippen LogP contribution in [0.5, 0.6) is 0 Å². The summed E-state index contributed by atoms with van der Waals surface area (Å²) in [6.45, 7) is 2.56.